The molecule has 1 radical (unpaired) electrons. The number of aliphatic carboxylic acids is 1. The van der Waals surface area contributed by atoms with E-state index in [2.05, 4.69) is 11.9 Å². The van der Waals surface area contributed by atoms with Gasteiger partial charge in [-0.25, -0.2) is 4.98 Å². The molecule has 0 aromatic carbocycles. The van der Waals surface area contributed by atoms with Crippen LogP contribution in [-0.2, 0) is 10.2 Å². The largest absolute Gasteiger partial charge is 0.481 e. The molecule has 1 N–H and O–H groups in total. The zero-order valence-corrected chi connectivity index (χ0v) is 7.81. The van der Waals surface area contributed by atoms with Gasteiger partial charge in [0.05, 0.1) is 0 Å². The minimum Gasteiger partial charge on any atom is -0.481 e. The van der Waals surface area contributed by atoms with Gasteiger partial charge >= 0.3 is 5.97 Å². The first-order chi connectivity index (χ1) is 5.44. The third-order valence-corrected chi connectivity index (χ3v) is 2.80. The van der Waals surface area contributed by atoms with Gasteiger partial charge in [0.1, 0.15) is 10.4 Å². The zero-order valence-electron chi connectivity index (χ0n) is 7.00. The Labute approximate surface area is 75.1 Å². The lowest BCUT2D eigenvalue weighted by Gasteiger charge is -2.14. The number of hydrogen-bond acceptors (Lipinski definition) is 3. The van der Waals surface area contributed by atoms with E-state index < -0.39 is 11.4 Å². The van der Waals surface area contributed by atoms with E-state index in [4.69, 9.17) is 5.11 Å². The van der Waals surface area contributed by atoms with Gasteiger partial charge in [0, 0.05) is 11.1 Å². The monoisotopic (exact) mass is 184 g/mol. The summed E-state index contributed by atoms with van der Waals surface area (Å²) >= 11 is 1.32. The molecule has 4 heteroatoms. The Morgan fingerprint density at radius 1 is 1.75 bits per heavy atom. The van der Waals surface area contributed by atoms with Gasteiger partial charge in [-0.05, 0) is 20.8 Å². The van der Waals surface area contributed by atoms with Crippen LogP contribution in [0.15, 0.2) is 6.20 Å². The first kappa shape index (κ1) is 9.19. The third-order valence-electron chi connectivity index (χ3n) is 1.62. The number of hydrogen-bond donors (Lipinski definition) is 1. The maximum absolute atomic E-state index is 10.8. The number of nitrogens with zero attached hydrogens (tertiary/aromatic N) is 1. The van der Waals surface area contributed by atoms with Gasteiger partial charge in [-0.2, -0.15) is 0 Å². The Balaban J connectivity index is 3.05. The predicted molar refractivity (Wildman–Crippen MR) is 47.2 cm³/mol. The minimum absolute atomic E-state index is 0.597. The number of thiazole rings is 1. The number of carbonyl (C=O) groups is 1. The lowest BCUT2D eigenvalue weighted by molar-refractivity contribution is -0.142. The lowest BCUT2D eigenvalue weighted by atomic mass is 9.95. The number of carboxylic acids is 1. The van der Waals surface area contributed by atoms with Crippen LogP contribution in [0.2, 0.25) is 0 Å². The van der Waals surface area contributed by atoms with Gasteiger partial charge in [0.15, 0.2) is 0 Å². The van der Waals surface area contributed by atoms with Crippen LogP contribution in [0.1, 0.15) is 23.7 Å². The number of carboxylic acid groups (broad SMARTS) is 1. The van der Waals surface area contributed by atoms with Crippen LogP contribution in [0.25, 0.3) is 0 Å². The van der Waals surface area contributed by atoms with Crippen molar-refractivity contribution in [2.45, 2.75) is 19.3 Å². The zero-order chi connectivity index (χ0) is 9.35. The Kier molecular flexibility index (Phi) is 2.19. The molecule has 0 saturated carbocycles. The van der Waals surface area contributed by atoms with Gasteiger partial charge in [0.2, 0.25) is 0 Å². The van der Waals surface area contributed by atoms with Crippen molar-refractivity contribution in [3.05, 3.63) is 23.0 Å². The predicted octanol–water partition coefficient (Wildman–Crippen LogP) is 1.69. The summed E-state index contributed by atoms with van der Waals surface area (Å²) in [5.74, 6) is -0.864. The molecule has 1 aromatic heterocycles. The molecule has 0 unspecified atom stereocenters. The number of rotatable bonds is 2. The standard InChI is InChI=1S/C8H10NO2S/c1-5-4-9-6(12-5)8(2,3)7(10)11/h4H,1H2,2-3H3,(H,10,11). The van der Waals surface area contributed by atoms with Crippen LogP contribution in [0, 0.1) is 6.92 Å². The molecule has 1 rings (SSSR count). The summed E-state index contributed by atoms with van der Waals surface area (Å²) in [5, 5.41) is 9.45. The molecule has 0 spiro atoms. The normalized spacial score (nSPS) is 11.6. The van der Waals surface area contributed by atoms with Crippen LogP contribution in [0.5, 0.6) is 0 Å². The van der Waals surface area contributed by atoms with Crippen molar-refractivity contribution in [2.24, 2.45) is 0 Å². The van der Waals surface area contributed by atoms with Crippen LogP contribution in [0.3, 0.4) is 0 Å². The molecular weight excluding hydrogens is 174 g/mol. The molecule has 1 aromatic rings. The molecule has 3 nitrogen and oxygen atoms in total. The Bertz CT molecular complexity index is 304. The average molecular weight is 184 g/mol. The van der Waals surface area contributed by atoms with Crippen LogP contribution in [0.4, 0.5) is 0 Å². The highest BCUT2D eigenvalue weighted by Gasteiger charge is 2.32. The van der Waals surface area contributed by atoms with Gasteiger partial charge in [-0.1, -0.05) is 0 Å². The number of aromatic nitrogens is 1. The molecule has 0 saturated heterocycles. The SMILES string of the molecule is [CH2]c1cnc(C(C)(C)C(=O)O)s1. The second-order valence-corrected chi connectivity index (χ2v) is 4.18. The molecule has 1 heterocycles. The highest BCUT2D eigenvalue weighted by atomic mass is 32.1. The van der Waals surface area contributed by atoms with E-state index in [9.17, 15) is 4.79 Å². The van der Waals surface area contributed by atoms with Crippen molar-refractivity contribution >= 4 is 17.3 Å². The maximum atomic E-state index is 10.8. The highest BCUT2D eigenvalue weighted by Crippen LogP contribution is 2.27. The second-order valence-electron chi connectivity index (χ2n) is 3.06. The fourth-order valence-corrected chi connectivity index (χ4v) is 1.49. The molecular formula is C8H10NO2S. The Morgan fingerprint density at radius 3 is 2.67 bits per heavy atom. The molecule has 0 atom stereocenters. The smallest absolute Gasteiger partial charge is 0.316 e. The summed E-state index contributed by atoms with van der Waals surface area (Å²) in [7, 11) is 0. The molecule has 0 bridgehead atoms. The lowest BCUT2D eigenvalue weighted by Crippen LogP contribution is -2.28. The quantitative estimate of drug-likeness (QED) is 0.760. The van der Waals surface area contributed by atoms with Crippen molar-refractivity contribution in [3.8, 4) is 0 Å². The summed E-state index contributed by atoms with van der Waals surface area (Å²) in [4.78, 5) is 15.6. The van der Waals surface area contributed by atoms with E-state index in [0.717, 1.165) is 4.88 Å². The summed E-state index contributed by atoms with van der Waals surface area (Å²) in [5.41, 5.74) is -0.902. The van der Waals surface area contributed by atoms with Crippen molar-refractivity contribution in [1.29, 1.82) is 0 Å². The van der Waals surface area contributed by atoms with E-state index in [1.807, 2.05) is 0 Å². The summed E-state index contributed by atoms with van der Waals surface area (Å²) in [6.45, 7) is 6.94. The van der Waals surface area contributed by atoms with Crippen molar-refractivity contribution in [3.63, 3.8) is 0 Å². The highest BCUT2D eigenvalue weighted by molar-refractivity contribution is 7.12. The van der Waals surface area contributed by atoms with Crippen LogP contribution >= 0.6 is 11.3 Å². The van der Waals surface area contributed by atoms with Gasteiger partial charge in [-0.15, -0.1) is 11.3 Å². The third kappa shape index (κ3) is 1.48. The fourth-order valence-electron chi connectivity index (χ4n) is 0.688. The van der Waals surface area contributed by atoms with Crippen LogP contribution in [-0.4, -0.2) is 16.1 Å². The first-order valence-electron chi connectivity index (χ1n) is 3.46. The Morgan fingerprint density at radius 2 is 2.33 bits per heavy atom. The van der Waals surface area contributed by atoms with Gasteiger partial charge < -0.3 is 5.11 Å². The molecule has 65 valence electrons. The molecule has 0 aliphatic heterocycles. The van der Waals surface area contributed by atoms with Crippen molar-refractivity contribution in [1.82, 2.24) is 4.98 Å². The summed E-state index contributed by atoms with van der Waals surface area (Å²) < 4.78 is 0. The Hall–Kier alpha value is -0.900. The van der Waals surface area contributed by atoms with E-state index >= 15 is 0 Å². The van der Waals surface area contributed by atoms with Crippen molar-refractivity contribution < 1.29 is 9.90 Å². The van der Waals surface area contributed by atoms with E-state index in [1.165, 1.54) is 11.3 Å². The first-order valence-corrected chi connectivity index (χ1v) is 4.28. The fraction of sp³-hybridized carbons (Fsp3) is 0.375. The van der Waals surface area contributed by atoms with Gasteiger partial charge in [-0.3, -0.25) is 4.79 Å². The summed E-state index contributed by atoms with van der Waals surface area (Å²) in [6, 6.07) is 0. The molecule has 0 fully saturated rings. The second kappa shape index (κ2) is 2.86. The molecule has 0 amide bonds. The topological polar surface area (TPSA) is 50.2 Å². The molecule has 0 aliphatic rings. The van der Waals surface area contributed by atoms with Crippen LogP contribution < -0.4 is 0 Å². The summed E-state index contributed by atoms with van der Waals surface area (Å²) in [6.07, 6.45) is 1.59. The average Bonchev–Trinajstić information content (AvgIpc) is 2.35. The van der Waals surface area contributed by atoms with Crippen molar-refractivity contribution in [2.75, 3.05) is 0 Å². The maximum Gasteiger partial charge on any atom is 0.316 e. The van der Waals surface area contributed by atoms with E-state index in [-0.39, 0.29) is 0 Å². The minimum atomic E-state index is -0.902. The molecule has 0 aliphatic carbocycles. The molecule has 12 heavy (non-hydrogen) atoms. The van der Waals surface area contributed by atoms with E-state index in [0.29, 0.717) is 5.01 Å². The van der Waals surface area contributed by atoms with E-state index in [1.54, 1.807) is 20.0 Å². The van der Waals surface area contributed by atoms with Gasteiger partial charge in [0.25, 0.3) is 0 Å².